The third kappa shape index (κ3) is 1.88. The molecule has 0 radical (unpaired) electrons. The van der Waals surface area contributed by atoms with E-state index >= 15 is 0 Å². The molecule has 0 aromatic carbocycles. The zero-order valence-corrected chi connectivity index (χ0v) is 7.60. The van der Waals surface area contributed by atoms with Crippen LogP contribution >= 0.6 is 0 Å². The lowest BCUT2D eigenvalue weighted by Gasteiger charge is -2.12. The van der Waals surface area contributed by atoms with Crippen molar-refractivity contribution in [2.75, 3.05) is 20.2 Å². The molecule has 1 rings (SSSR count). The molecule has 72 valence electrons. The Bertz CT molecular complexity index is 211. The molecular weight excluding hydrogens is 170 g/mol. The van der Waals surface area contributed by atoms with Gasteiger partial charge in [-0.15, -0.1) is 6.58 Å². The van der Waals surface area contributed by atoms with Crippen molar-refractivity contribution in [1.82, 2.24) is 4.90 Å². The summed E-state index contributed by atoms with van der Waals surface area (Å²) in [6.07, 6.45) is 2.20. The topological polar surface area (TPSA) is 46.6 Å². The predicted octanol–water partition coefficient (Wildman–Crippen LogP) is 0.686. The standard InChI is InChI=1S/C9H13NO3/c1-3-7-4-10(9(12)13-2)5-8(7)6-11/h3,6-8H,1,4-5H2,2H3/t7-,8+/m1/s1. The maximum absolute atomic E-state index is 11.1. The van der Waals surface area contributed by atoms with E-state index in [1.54, 1.807) is 6.08 Å². The molecule has 1 saturated heterocycles. The van der Waals surface area contributed by atoms with E-state index < -0.39 is 0 Å². The van der Waals surface area contributed by atoms with Crippen molar-refractivity contribution in [2.45, 2.75) is 0 Å². The molecule has 13 heavy (non-hydrogen) atoms. The second-order valence-corrected chi connectivity index (χ2v) is 3.07. The molecule has 2 atom stereocenters. The van der Waals surface area contributed by atoms with E-state index in [4.69, 9.17) is 0 Å². The molecule has 1 aliphatic heterocycles. The van der Waals surface area contributed by atoms with Crippen molar-refractivity contribution in [2.24, 2.45) is 11.8 Å². The number of methoxy groups -OCH3 is 1. The summed E-state index contributed by atoms with van der Waals surface area (Å²) in [5, 5.41) is 0. The first-order chi connectivity index (χ1) is 6.22. The van der Waals surface area contributed by atoms with Crippen LogP contribution in [-0.4, -0.2) is 37.5 Å². The molecule has 0 unspecified atom stereocenters. The smallest absolute Gasteiger partial charge is 0.409 e. The molecule has 0 aliphatic carbocycles. The molecule has 1 fully saturated rings. The van der Waals surface area contributed by atoms with Crippen LogP contribution in [0.25, 0.3) is 0 Å². The first-order valence-corrected chi connectivity index (χ1v) is 4.13. The highest BCUT2D eigenvalue weighted by Crippen LogP contribution is 2.22. The number of rotatable bonds is 2. The highest BCUT2D eigenvalue weighted by atomic mass is 16.5. The number of nitrogens with zero attached hydrogens (tertiary/aromatic N) is 1. The minimum absolute atomic E-state index is 0.0663. The van der Waals surface area contributed by atoms with Gasteiger partial charge in [-0.25, -0.2) is 4.79 Å². The fourth-order valence-electron chi connectivity index (χ4n) is 1.53. The Morgan fingerprint density at radius 2 is 2.15 bits per heavy atom. The van der Waals surface area contributed by atoms with Crippen molar-refractivity contribution in [1.29, 1.82) is 0 Å². The molecule has 0 spiro atoms. The van der Waals surface area contributed by atoms with Crippen LogP contribution in [0, 0.1) is 11.8 Å². The van der Waals surface area contributed by atoms with Gasteiger partial charge in [-0.1, -0.05) is 6.08 Å². The van der Waals surface area contributed by atoms with E-state index in [1.165, 1.54) is 12.0 Å². The maximum Gasteiger partial charge on any atom is 0.409 e. The van der Waals surface area contributed by atoms with Crippen LogP contribution in [0.5, 0.6) is 0 Å². The number of hydrogen-bond acceptors (Lipinski definition) is 3. The van der Waals surface area contributed by atoms with E-state index in [0.717, 1.165) is 6.29 Å². The molecule has 4 nitrogen and oxygen atoms in total. The Hall–Kier alpha value is -1.32. The molecule has 0 saturated carbocycles. The number of ether oxygens (including phenoxy) is 1. The van der Waals surface area contributed by atoms with Crippen molar-refractivity contribution in [3.05, 3.63) is 12.7 Å². The minimum Gasteiger partial charge on any atom is -0.453 e. The number of carbonyl (C=O) groups excluding carboxylic acids is 2. The molecule has 1 heterocycles. The summed E-state index contributed by atoms with van der Waals surface area (Å²) in [4.78, 5) is 23.2. The average Bonchev–Trinajstić information content (AvgIpc) is 2.59. The largest absolute Gasteiger partial charge is 0.453 e. The van der Waals surface area contributed by atoms with Gasteiger partial charge in [0.1, 0.15) is 6.29 Å². The van der Waals surface area contributed by atoms with Crippen LogP contribution in [0.3, 0.4) is 0 Å². The van der Waals surface area contributed by atoms with Gasteiger partial charge in [0.15, 0.2) is 0 Å². The van der Waals surface area contributed by atoms with Crippen molar-refractivity contribution < 1.29 is 14.3 Å². The van der Waals surface area contributed by atoms with Crippen LogP contribution < -0.4 is 0 Å². The molecule has 0 N–H and O–H groups in total. The van der Waals surface area contributed by atoms with Gasteiger partial charge in [0.05, 0.1) is 7.11 Å². The summed E-state index contributed by atoms with van der Waals surface area (Å²) in [6, 6.07) is 0. The highest BCUT2D eigenvalue weighted by Gasteiger charge is 2.33. The Labute approximate surface area is 77.2 Å². The van der Waals surface area contributed by atoms with Gasteiger partial charge < -0.3 is 14.4 Å². The van der Waals surface area contributed by atoms with Gasteiger partial charge in [-0.3, -0.25) is 0 Å². The summed E-state index contributed by atoms with van der Waals surface area (Å²) < 4.78 is 4.56. The fourth-order valence-corrected chi connectivity index (χ4v) is 1.53. The van der Waals surface area contributed by atoms with Crippen molar-refractivity contribution >= 4 is 12.4 Å². The van der Waals surface area contributed by atoms with Crippen LogP contribution in [0.2, 0.25) is 0 Å². The molecule has 1 amide bonds. The lowest BCUT2D eigenvalue weighted by atomic mass is 9.98. The fraction of sp³-hybridized carbons (Fsp3) is 0.556. The third-order valence-corrected chi connectivity index (χ3v) is 2.32. The SMILES string of the molecule is C=C[C@@H]1CN(C(=O)OC)C[C@H]1C=O. The van der Waals surface area contributed by atoms with E-state index in [2.05, 4.69) is 11.3 Å². The number of amides is 1. The van der Waals surface area contributed by atoms with Crippen LogP contribution in [-0.2, 0) is 9.53 Å². The van der Waals surface area contributed by atoms with E-state index in [1.807, 2.05) is 0 Å². The summed E-state index contributed by atoms with van der Waals surface area (Å²) in [7, 11) is 1.33. The summed E-state index contributed by atoms with van der Waals surface area (Å²) >= 11 is 0. The Morgan fingerprint density at radius 3 is 2.54 bits per heavy atom. The number of hydrogen-bond donors (Lipinski definition) is 0. The number of likely N-dealkylation sites (tertiary alicyclic amines) is 1. The van der Waals surface area contributed by atoms with Crippen LogP contribution in [0.15, 0.2) is 12.7 Å². The normalized spacial score (nSPS) is 27.0. The molecular formula is C9H13NO3. The van der Waals surface area contributed by atoms with Crippen molar-refractivity contribution in [3.8, 4) is 0 Å². The summed E-state index contributed by atoms with van der Waals surface area (Å²) in [6.45, 7) is 4.59. The number of aldehydes is 1. The average molecular weight is 183 g/mol. The molecule has 0 aromatic rings. The zero-order chi connectivity index (χ0) is 9.84. The van der Waals surface area contributed by atoms with Gasteiger partial charge in [0.2, 0.25) is 0 Å². The van der Waals surface area contributed by atoms with Gasteiger partial charge in [-0.05, 0) is 0 Å². The van der Waals surface area contributed by atoms with Crippen LogP contribution in [0.4, 0.5) is 4.79 Å². The second kappa shape index (κ2) is 4.07. The Kier molecular flexibility index (Phi) is 3.06. The van der Waals surface area contributed by atoms with E-state index in [9.17, 15) is 9.59 Å². The quantitative estimate of drug-likeness (QED) is 0.467. The lowest BCUT2D eigenvalue weighted by Crippen LogP contribution is -2.28. The van der Waals surface area contributed by atoms with Gasteiger partial charge >= 0.3 is 6.09 Å². The van der Waals surface area contributed by atoms with E-state index in [0.29, 0.717) is 13.1 Å². The molecule has 0 aromatic heterocycles. The van der Waals surface area contributed by atoms with Gasteiger partial charge in [0.25, 0.3) is 0 Å². The van der Waals surface area contributed by atoms with E-state index in [-0.39, 0.29) is 17.9 Å². The lowest BCUT2D eigenvalue weighted by molar-refractivity contribution is -0.111. The summed E-state index contributed by atoms with van der Waals surface area (Å²) in [5.74, 6) is -0.0619. The van der Waals surface area contributed by atoms with Gasteiger partial charge in [-0.2, -0.15) is 0 Å². The minimum atomic E-state index is -0.379. The predicted molar refractivity (Wildman–Crippen MR) is 47.2 cm³/mol. The third-order valence-electron chi connectivity index (χ3n) is 2.32. The first kappa shape index (κ1) is 9.77. The highest BCUT2D eigenvalue weighted by molar-refractivity contribution is 5.69. The molecule has 1 aliphatic rings. The second-order valence-electron chi connectivity index (χ2n) is 3.07. The van der Waals surface area contributed by atoms with Crippen molar-refractivity contribution in [3.63, 3.8) is 0 Å². The Morgan fingerprint density at radius 1 is 1.54 bits per heavy atom. The maximum atomic E-state index is 11.1. The summed E-state index contributed by atoms with van der Waals surface area (Å²) in [5.41, 5.74) is 0. The zero-order valence-electron chi connectivity index (χ0n) is 7.60. The number of carbonyl (C=O) groups is 2. The first-order valence-electron chi connectivity index (χ1n) is 4.13. The van der Waals surface area contributed by atoms with Gasteiger partial charge in [0, 0.05) is 24.9 Å². The van der Waals surface area contributed by atoms with Crippen LogP contribution in [0.1, 0.15) is 0 Å². The molecule has 4 heteroatoms. The molecule has 0 bridgehead atoms. The monoisotopic (exact) mass is 183 g/mol. The Balaban J connectivity index is 2.62.